The average Bonchev–Trinajstić information content (AvgIpc) is 2.76. The first-order chi connectivity index (χ1) is 15.9. The van der Waals surface area contributed by atoms with Gasteiger partial charge in [0.2, 0.25) is 17.7 Å². The van der Waals surface area contributed by atoms with E-state index in [0.717, 1.165) is 5.56 Å². The standard InChI is InChI=1S/C22H33ClN4O7/c1-12(2)19(27-21(32)17(24)8-14-4-6-16(28)7-5-14)22(33)25-13(3)20(31)26-15(9-18(29)30)10-34-11-23/h4-7,12-13,15,17,19,28H,8-11,24H2,1-3H3,(H,25,33)(H,26,31)(H,27,32)(H,29,30)/t13-,15-,17-,19-/m0/s1. The summed E-state index contributed by atoms with van der Waals surface area (Å²) >= 11 is 5.44. The normalized spacial score (nSPS) is 14.5. The molecule has 0 saturated heterocycles. The van der Waals surface area contributed by atoms with Crippen LogP contribution >= 0.6 is 11.6 Å². The second-order valence-corrected chi connectivity index (χ2v) is 8.44. The molecule has 1 aromatic rings. The van der Waals surface area contributed by atoms with Crippen LogP contribution in [0.15, 0.2) is 24.3 Å². The summed E-state index contributed by atoms with van der Waals surface area (Å²) in [4.78, 5) is 48.8. The van der Waals surface area contributed by atoms with E-state index >= 15 is 0 Å². The van der Waals surface area contributed by atoms with E-state index in [1.54, 1.807) is 26.0 Å². The predicted octanol–water partition coefficient (Wildman–Crippen LogP) is 0.0799. The number of amides is 3. The summed E-state index contributed by atoms with van der Waals surface area (Å²) in [5.74, 6) is -3.09. The number of hydrogen-bond acceptors (Lipinski definition) is 7. The number of nitrogens with two attached hydrogens (primary N) is 1. The van der Waals surface area contributed by atoms with Gasteiger partial charge in [0.15, 0.2) is 0 Å². The van der Waals surface area contributed by atoms with Crippen LogP contribution in [0.4, 0.5) is 0 Å². The molecule has 1 aromatic carbocycles. The monoisotopic (exact) mass is 500 g/mol. The van der Waals surface area contributed by atoms with E-state index in [9.17, 15) is 24.3 Å². The van der Waals surface area contributed by atoms with Crippen LogP contribution in [0.2, 0.25) is 0 Å². The number of phenols is 1. The quantitative estimate of drug-likeness (QED) is 0.194. The molecule has 0 spiro atoms. The third kappa shape index (κ3) is 10.4. The summed E-state index contributed by atoms with van der Waals surface area (Å²) < 4.78 is 4.97. The number of carbonyl (C=O) groups is 4. The Morgan fingerprint density at radius 1 is 1.00 bits per heavy atom. The molecular weight excluding hydrogens is 468 g/mol. The van der Waals surface area contributed by atoms with Crippen molar-refractivity contribution in [1.29, 1.82) is 0 Å². The van der Waals surface area contributed by atoms with Crippen LogP contribution in [0, 0.1) is 5.92 Å². The second-order valence-electron chi connectivity index (χ2n) is 8.22. The Kier molecular flexibility index (Phi) is 12.3. The minimum Gasteiger partial charge on any atom is -0.508 e. The number of carbonyl (C=O) groups excluding carboxylic acids is 3. The van der Waals surface area contributed by atoms with Crippen LogP contribution in [0.25, 0.3) is 0 Å². The van der Waals surface area contributed by atoms with Crippen molar-refractivity contribution in [3.63, 3.8) is 0 Å². The zero-order chi connectivity index (χ0) is 25.8. The maximum atomic E-state index is 12.8. The van der Waals surface area contributed by atoms with Gasteiger partial charge < -0.3 is 36.6 Å². The number of benzene rings is 1. The van der Waals surface area contributed by atoms with Gasteiger partial charge in [-0.25, -0.2) is 0 Å². The van der Waals surface area contributed by atoms with E-state index in [2.05, 4.69) is 16.0 Å². The lowest BCUT2D eigenvalue weighted by Gasteiger charge is -2.26. The van der Waals surface area contributed by atoms with Crippen LogP contribution in [0.1, 0.15) is 32.8 Å². The molecule has 0 unspecified atom stereocenters. The number of phenolic OH excluding ortho intramolecular Hbond substituents is 1. The lowest BCUT2D eigenvalue weighted by atomic mass is 10.0. The van der Waals surface area contributed by atoms with Gasteiger partial charge in [0.05, 0.1) is 25.1 Å². The summed E-state index contributed by atoms with van der Waals surface area (Å²) in [6.45, 7) is 4.79. The number of nitrogens with one attached hydrogen (secondary N) is 3. The van der Waals surface area contributed by atoms with Crippen molar-refractivity contribution < 1.29 is 34.1 Å². The van der Waals surface area contributed by atoms with E-state index in [4.69, 9.17) is 27.2 Å². The van der Waals surface area contributed by atoms with E-state index < -0.39 is 47.9 Å². The molecule has 0 bridgehead atoms. The summed E-state index contributed by atoms with van der Waals surface area (Å²) in [6.07, 6.45) is -0.181. The molecule has 0 aliphatic carbocycles. The Morgan fingerprint density at radius 3 is 2.15 bits per heavy atom. The van der Waals surface area contributed by atoms with Gasteiger partial charge in [0.25, 0.3) is 0 Å². The highest BCUT2D eigenvalue weighted by Crippen LogP contribution is 2.11. The van der Waals surface area contributed by atoms with Crippen molar-refractivity contribution in [3.8, 4) is 5.75 Å². The van der Waals surface area contributed by atoms with Crippen LogP contribution < -0.4 is 21.7 Å². The molecule has 0 aliphatic heterocycles. The number of ether oxygens (including phenoxy) is 1. The van der Waals surface area contributed by atoms with Gasteiger partial charge in [0, 0.05) is 0 Å². The van der Waals surface area contributed by atoms with Crippen molar-refractivity contribution >= 4 is 35.3 Å². The van der Waals surface area contributed by atoms with Gasteiger partial charge in [0.1, 0.15) is 23.9 Å². The fraction of sp³-hybridized carbons (Fsp3) is 0.545. The van der Waals surface area contributed by atoms with Gasteiger partial charge in [-0.15, -0.1) is 0 Å². The number of carboxylic acids is 1. The van der Waals surface area contributed by atoms with Crippen molar-refractivity contribution in [1.82, 2.24) is 16.0 Å². The third-order valence-electron chi connectivity index (χ3n) is 4.89. The SMILES string of the molecule is CC(C)[C@H](NC(=O)[C@@H](N)Cc1ccc(O)cc1)C(=O)N[C@@H](C)C(=O)N[C@H](COCCl)CC(=O)O. The molecule has 3 amide bonds. The zero-order valence-corrected chi connectivity index (χ0v) is 20.2. The van der Waals surface area contributed by atoms with E-state index in [-0.39, 0.29) is 37.2 Å². The molecule has 7 N–H and O–H groups in total. The van der Waals surface area contributed by atoms with Gasteiger partial charge in [-0.05, 0) is 37.0 Å². The molecule has 34 heavy (non-hydrogen) atoms. The van der Waals surface area contributed by atoms with E-state index in [1.807, 2.05) is 0 Å². The Labute approximate surface area is 203 Å². The number of aliphatic carboxylic acids is 1. The highest BCUT2D eigenvalue weighted by atomic mass is 35.5. The maximum absolute atomic E-state index is 12.8. The molecule has 0 radical (unpaired) electrons. The summed E-state index contributed by atoms with van der Waals surface area (Å²) in [6, 6.07) is 2.37. The minimum absolute atomic E-state index is 0.0947. The first kappa shape index (κ1) is 29.1. The molecular formula is C22H33ClN4O7. The molecule has 1 rings (SSSR count). The Balaban J connectivity index is 2.71. The average molecular weight is 501 g/mol. The number of carboxylic acid groups (broad SMARTS) is 1. The topological polar surface area (TPSA) is 180 Å². The first-order valence-corrected chi connectivity index (χ1v) is 11.3. The van der Waals surface area contributed by atoms with E-state index in [1.165, 1.54) is 19.1 Å². The molecule has 0 aromatic heterocycles. The molecule has 11 nitrogen and oxygen atoms in total. The molecule has 4 atom stereocenters. The molecule has 0 heterocycles. The van der Waals surface area contributed by atoms with Gasteiger partial charge in [-0.3, -0.25) is 19.2 Å². The number of halogens is 1. The highest BCUT2D eigenvalue weighted by Gasteiger charge is 2.29. The number of aromatic hydroxyl groups is 1. The lowest BCUT2D eigenvalue weighted by molar-refractivity contribution is -0.138. The fourth-order valence-corrected chi connectivity index (χ4v) is 3.11. The van der Waals surface area contributed by atoms with Crippen molar-refractivity contribution in [2.75, 3.05) is 12.7 Å². The molecule has 12 heteroatoms. The number of alkyl halides is 1. The Bertz CT molecular complexity index is 835. The maximum Gasteiger partial charge on any atom is 0.305 e. The van der Waals surface area contributed by atoms with Crippen LogP contribution in [-0.4, -0.2) is 70.7 Å². The Hall–Kier alpha value is -2.89. The van der Waals surface area contributed by atoms with Crippen molar-refractivity contribution in [2.45, 2.75) is 57.8 Å². The van der Waals surface area contributed by atoms with E-state index in [0.29, 0.717) is 0 Å². The first-order valence-electron chi connectivity index (χ1n) is 10.7. The van der Waals surface area contributed by atoms with Gasteiger partial charge in [-0.1, -0.05) is 37.6 Å². The lowest BCUT2D eigenvalue weighted by Crippen LogP contribution is -2.57. The van der Waals surface area contributed by atoms with Crippen molar-refractivity contribution in [2.24, 2.45) is 11.7 Å². The largest absolute Gasteiger partial charge is 0.508 e. The van der Waals surface area contributed by atoms with Crippen LogP contribution in [-0.2, 0) is 30.3 Å². The zero-order valence-electron chi connectivity index (χ0n) is 19.4. The minimum atomic E-state index is -1.13. The van der Waals surface area contributed by atoms with Crippen LogP contribution in [0.3, 0.4) is 0 Å². The summed E-state index contributed by atoms with van der Waals surface area (Å²) in [5, 5.41) is 26.0. The highest BCUT2D eigenvalue weighted by molar-refractivity contribution is 6.17. The Morgan fingerprint density at radius 2 is 1.62 bits per heavy atom. The fourth-order valence-electron chi connectivity index (χ4n) is 3.02. The molecule has 0 fully saturated rings. The molecule has 0 saturated carbocycles. The summed E-state index contributed by atoms with van der Waals surface area (Å²) in [5.41, 5.74) is 6.72. The molecule has 190 valence electrons. The number of rotatable bonds is 14. The van der Waals surface area contributed by atoms with Crippen LogP contribution in [0.5, 0.6) is 5.75 Å². The number of hydrogen-bond donors (Lipinski definition) is 6. The summed E-state index contributed by atoms with van der Waals surface area (Å²) in [7, 11) is 0. The van der Waals surface area contributed by atoms with Gasteiger partial charge >= 0.3 is 5.97 Å². The second kappa shape index (κ2) is 14.4. The predicted molar refractivity (Wildman–Crippen MR) is 125 cm³/mol. The third-order valence-corrected chi connectivity index (χ3v) is 5.05. The van der Waals surface area contributed by atoms with Crippen molar-refractivity contribution in [3.05, 3.63) is 29.8 Å². The van der Waals surface area contributed by atoms with Gasteiger partial charge in [-0.2, -0.15) is 0 Å². The molecule has 0 aliphatic rings. The smallest absolute Gasteiger partial charge is 0.305 e.